The minimum atomic E-state index is -0.762. The zero-order valence-electron chi connectivity index (χ0n) is 12.9. The van der Waals surface area contributed by atoms with E-state index < -0.39 is 5.97 Å². The van der Waals surface area contributed by atoms with E-state index in [0.29, 0.717) is 5.92 Å². The number of carboxylic acids is 1. The highest BCUT2D eigenvalue weighted by Crippen LogP contribution is 2.36. The van der Waals surface area contributed by atoms with Crippen LogP contribution in [0, 0.1) is 5.92 Å². The first-order chi connectivity index (χ1) is 10.2. The van der Waals surface area contributed by atoms with Crippen LogP contribution in [0.4, 0.5) is 0 Å². The molecule has 0 spiro atoms. The van der Waals surface area contributed by atoms with E-state index in [4.69, 9.17) is 5.11 Å². The molecule has 0 aromatic heterocycles. The summed E-state index contributed by atoms with van der Waals surface area (Å²) in [7, 11) is 0. The predicted molar refractivity (Wildman–Crippen MR) is 86.5 cm³/mol. The van der Waals surface area contributed by atoms with E-state index in [1.165, 1.54) is 44.1 Å². The highest BCUT2D eigenvalue weighted by Gasteiger charge is 2.20. The zero-order chi connectivity index (χ0) is 15.1. The molecule has 0 amide bonds. The van der Waals surface area contributed by atoms with Crippen LogP contribution in [-0.4, -0.2) is 11.1 Å². The van der Waals surface area contributed by atoms with Crippen LogP contribution in [0.2, 0.25) is 0 Å². The number of carbonyl (C=O) groups is 1. The molecule has 1 N–H and O–H groups in total. The fraction of sp³-hybridized carbons (Fsp3) is 0.526. The molecular formula is C19H26O2. The molecule has 1 saturated carbocycles. The van der Waals surface area contributed by atoms with Crippen molar-refractivity contribution in [3.8, 4) is 0 Å². The minimum Gasteiger partial charge on any atom is -0.481 e. The second-order valence-corrected chi connectivity index (χ2v) is 6.14. The van der Waals surface area contributed by atoms with Gasteiger partial charge in [-0.15, -0.1) is 0 Å². The van der Waals surface area contributed by atoms with Crippen LogP contribution in [0.3, 0.4) is 0 Å². The van der Waals surface area contributed by atoms with Gasteiger partial charge in [0.2, 0.25) is 0 Å². The summed E-state index contributed by atoms with van der Waals surface area (Å²) in [6, 6.07) is 8.18. The standard InChI is InChI=1S/C19H26O2/c1-2-3-4-5-15-6-10-17(11-7-15)18-12-8-16(9-13-18)14-19(20)21/h4-5,8-9,12-13,15,17H,2-3,6-7,10-11,14H2,1H3,(H,20,21)/b5-4+/t15-,17-. The van der Waals surface area contributed by atoms with Gasteiger partial charge >= 0.3 is 5.97 Å². The second kappa shape index (κ2) is 8.02. The molecule has 2 heteroatoms. The number of benzene rings is 1. The average Bonchev–Trinajstić information content (AvgIpc) is 2.49. The van der Waals surface area contributed by atoms with Gasteiger partial charge in [-0.25, -0.2) is 0 Å². The van der Waals surface area contributed by atoms with E-state index in [0.717, 1.165) is 11.5 Å². The van der Waals surface area contributed by atoms with E-state index in [2.05, 4.69) is 31.2 Å². The van der Waals surface area contributed by atoms with Gasteiger partial charge in [-0.2, -0.15) is 0 Å². The van der Waals surface area contributed by atoms with Crippen molar-refractivity contribution >= 4 is 5.97 Å². The Kier molecular flexibility index (Phi) is 6.04. The third-order valence-corrected chi connectivity index (χ3v) is 4.44. The van der Waals surface area contributed by atoms with Gasteiger partial charge < -0.3 is 5.11 Å². The van der Waals surface area contributed by atoms with E-state index in [1.54, 1.807) is 0 Å². The molecule has 0 heterocycles. The topological polar surface area (TPSA) is 37.3 Å². The molecule has 1 fully saturated rings. The first-order valence-electron chi connectivity index (χ1n) is 8.16. The highest BCUT2D eigenvalue weighted by molar-refractivity contribution is 5.70. The lowest BCUT2D eigenvalue weighted by molar-refractivity contribution is -0.136. The number of hydrogen-bond donors (Lipinski definition) is 1. The van der Waals surface area contributed by atoms with Gasteiger partial charge in [-0.05, 0) is 55.1 Å². The van der Waals surface area contributed by atoms with Crippen molar-refractivity contribution in [1.82, 2.24) is 0 Å². The van der Waals surface area contributed by atoms with Crippen LogP contribution in [-0.2, 0) is 11.2 Å². The van der Waals surface area contributed by atoms with Gasteiger partial charge in [0.1, 0.15) is 0 Å². The molecule has 0 bridgehead atoms. The van der Waals surface area contributed by atoms with Gasteiger partial charge in [0.15, 0.2) is 0 Å². The number of aliphatic carboxylic acids is 1. The third-order valence-electron chi connectivity index (χ3n) is 4.44. The maximum Gasteiger partial charge on any atom is 0.307 e. The van der Waals surface area contributed by atoms with Crippen LogP contribution in [0.1, 0.15) is 62.5 Å². The predicted octanol–water partition coefficient (Wildman–Crippen LogP) is 4.94. The quantitative estimate of drug-likeness (QED) is 0.752. The molecule has 0 saturated heterocycles. The number of carboxylic acid groups (broad SMARTS) is 1. The van der Waals surface area contributed by atoms with Crippen molar-refractivity contribution in [3.63, 3.8) is 0 Å². The number of unbranched alkanes of at least 4 members (excludes halogenated alkanes) is 1. The molecule has 2 rings (SSSR count). The van der Waals surface area contributed by atoms with E-state index in [-0.39, 0.29) is 6.42 Å². The lowest BCUT2D eigenvalue weighted by Gasteiger charge is -2.27. The summed E-state index contributed by atoms with van der Waals surface area (Å²) in [6.07, 6.45) is 12.4. The van der Waals surface area contributed by atoms with Crippen molar-refractivity contribution < 1.29 is 9.90 Å². The van der Waals surface area contributed by atoms with Crippen molar-refractivity contribution in [1.29, 1.82) is 0 Å². The summed E-state index contributed by atoms with van der Waals surface area (Å²) in [6.45, 7) is 2.22. The summed E-state index contributed by atoms with van der Waals surface area (Å²) in [5, 5.41) is 8.80. The van der Waals surface area contributed by atoms with Crippen molar-refractivity contribution in [2.75, 3.05) is 0 Å². The number of hydrogen-bond acceptors (Lipinski definition) is 1. The smallest absolute Gasteiger partial charge is 0.307 e. The first-order valence-corrected chi connectivity index (χ1v) is 8.16. The first kappa shape index (κ1) is 15.8. The molecular weight excluding hydrogens is 260 g/mol. The number of allylic oxidation sites excluding steroid dienone is 2. The maximum atomic E-state index is 10.7. The molecule has 2 nitrogen and oxygen atoms in total. The highest BCUT2D eigenvalue weighted by atomic mass is 16.4. The Bertz CT molecular complexity index is 465. The van der Waals surface area contributed by atoms with Crippen LogP contribution in [0.25, 0.3) is 0 Å². The molecule has 1 aromatic carbocycles. The summed E-state index contributed by atoms with van der Waals surface area (Å²) in [5.74, 6) is 0.654. The van der Waals surface area contributed by atoms with Crippen LogP contribution in [0.5, 0.6) is 0 Å². The summed E-state index contributed by atoms with van der Waals surface area (Å²) < 4.78 is 0. The second-order valence-electron chi connectivity index (χ2n) is 6.14. The van der Waals surface area contributed by atoms with Crippen molar-refractivity contribution in [2.45, 2.75) is 57.8 Å². The molecule has 0 radical (unpaired) electrons. The van der Waals surface area contributed by atoms with Crippen molar-refractivity contribution in [2.24, 2.45) is 5.92 Å². The van der Waals surface area contributed by atoms with E-state index in [1.807, 2.05) is 12.1 Å². The minimum absolute atomic E-state index is 0.120. The SMILES string of the molecule is CCC/C=C/[C@H]1CC[C@H](c2ccc(CC(=O)O)cc2)CC1. The molecule has 0 unspecified atom stereocenters. The van der Waals surface area contributed by atoms with Crippen LogP contribution < -0.4 is 0 Å². The Morgan fingerprint density at radius 1 is 1.19 bits per heavy atom. The van der Waals surface area contributed by atoms with E-state index >= 15 is 0 Å². The van der Waals surface area contributed by atoms with Gasteiger partial charge in [-0.3, -0.25) is 4.79 Å². The molecule has 0 atom stereocenters. The Morgan fingerprint density at radius 2 is 1.86 bits per heavy atom. The summed E-state index contributed by atoms with van der Waals surface area (Å²) in [5.41, 5.74) is 2.27. The normalized spacial score (nSPS) is 22.5. The fourth-order valence-corrected chi connectivity index (χ4v) is 3.18. The Labute approximate surface area is 127 Å². The summed E-state index contributed by atoms with van der Waals surface area (Å²) >= 11 is 0. The monoisotopic (exact) mass is 286 g/mol. The lowest BCUT2D eigenvalue weighted by Crippen LogP contribution is -2.11. The van der Waals surface area contributed by atoms with Gasteiger partial charge in [0.05, 0.1) is 6.42 Å². The molecule has 0 aliphatic heterocycles. The average molecular weight is 286 g/mol. The van der Waals surface area contributed by atoms with Gasteiger partial charge in [0, 0.05) is 0 Å². The Hall–Kier alpha value is -1.57. The Morgan fingerprint density at radius 3 is 2.43 bits per heavy atom. The van der Waals surface area contributed by atoms with Crippen LogP contribution in [0.15, 0.2) is 36.4 Å². The molecule has 114 valence electrons. The lowest BCUT2D eigenvalue weighted by atomic mass is 9.78. The largest absolute Gasteiger partial charge is 0.481 e. The molecule has 1 aliphatic carbocycles. The fourth-order valence-electron chi connectivity index (χ4n) is 3.18. The summed E-state index contributed by atoms with van der Waals surface area (Å²) in [4.78, 5) is 10.7. The zero-order valence-corrected chi connectivity index (χ0v) is 12.9. The van der Waals surface area contributed by atoms with E-state index in [9.17, 15) is 4.79 Å². The molecule has 1 aromatic rings. The maximum absolute atomic E-state index is 10.7. The van der Waals surface area contributed by atoms with Crippen molar-refractivity contribution in [3.05, 3.63) is 47.5 Å². The number of rotatable bonds is 6. The van der Waals surface area contributed by atoms with Gasteiger partial charge in [0.25, 0.3) is 0 Å². The van der Waals surface area contributed by atoms with Crippen LogP contribution >= 0.6 is 0 Å². The molecule has 21 heavy (non-hydrogen) atoms. The molecule has 1 aliphatic rings. The van der Waals surface area contributed by atoms with Gasteiger partial charge in [-0.1, -0.05) is 49.8 Å². The Balaban J connectivity index is 1.85. The third kappa shape index (κ3) is 5.04.